The van der Waals surface area contributed by atoms with Gasteiger partial charge in [-0.2, -0.15) is 0 Å². The molecule has 84 valence electrons. The normalized spacial score (nSPS) is 19.8. The van der Waals surface area contributed by atoms with Crippen molar-refractivity contribution in [3.8, 4) is 11.5 Å². The first-order valence-corrected chi connectivity index (χ1v) is 5.34. The first-order chi connectivity index (χ1) is 7.75. The summed E-state index contributed by atoms with van der Waals surface area (Å²) in [6, 6.07) is 0.239. The van der Waals surface area contributed by atoms with E-state index in [9.17, 15) is 0 Å². The topological polar surface area (TPSA) is 68.8 Å². The van der Waals surface area contributed by atoms with Crippen LogP contribution >= 0.6 is 0 Å². The third-order valence-electron chi connectivity index (χ3n) is 2.80. The minimum absolute atomic E-state index is 0.239. The Morgan fingerprint density at radius 3 is 3.12 bits per heavy atom. The average molecular weight is 219 g/mol. The van der Waals surface area contributed by atoms with Gasteiger partial charge in [-0.25, -0.2) is 4.98 Å². The number of nitrogens with one attached hydrogen (secondary N) is 1. The van der Waals surface area contributed by atoms with Gasteiger partial charge in [-0.05, 0) is 6.92 Å². The van der Waals surface area contributed by atoms with E-state index in [1.807, 2.05) is 6.92 Å². The van der Waals surface area contributed by atoms with Crippen molar-refractivity contribution in [3.05, 3.63) is 18.0 Å². The van der Waals surface area contributed by atoms with Crippen molar-refractivity contribution < 1.29 is 4.42 Å². The Hall–Kier alpha value is -1.69. The molecule has 0 radical (unpaired) electrons. The van der Waals surface area contributed by atoms with Gasteiger partial charge in [-0.15, -0.1) is 10.2 Å². The Morgan fingerprint density at radius 2 is 2.38 bits per heavy atom. The lowest BCUT2D eigenvalue weighted by Gasteiger charge is -2.21. The summed E-state index contributed by atoms with van der Waals surface area (Å²) in [6.45, 7) is 5.70. The largest absolute Gasteiger partial charge is 0.449 e. The molecule has 3 rings (SSSR count). The van der Waals surface area contributed by atoms with E-state index < -0.39 is 0 Å². The molecule has 0 amide bonds. The summed E-state index contributed by atoms with van der Waals surface area (Å²) in [5.74, 6) is 2.40. The van der Waals surface area contributed by atoms with Crippen molar-refractivity contribution in [2.24, 2.45) is 0 Å². The minimum atomic E-state index is 0.239. The maximum atomic E-state index is 5.20. The van der Waals surface area contributed by atoms with Gasteiger partial charge in [0.25, 0.3) is 0 Å². The monoisotopic (exact) mass is 219 g/mol. The maximum Gasteiger partial charge on any atom is 0.191 e. The predicted molar refractivity (Wildman–Crippen MR) is 56.7 cm³/mol. The van der Waals surface area contributed by atoms with Gasteiger partial charge in [-0.1, -0.05) is 0 Å². The van der Waals surface area contributed by atoms with Crippen molar-refractivity contribution in [2.75, 3.05) is 6.54 Å². The Balaban J connectivity index is 2.09. The van der Waals surface area contributed by atoms with Crippen molar-refractivity contribution in [2.45, 2.75) is 26.4 Å². The molecule has 0 spiro atoms. The number of fused-ring (bicyclic) bond motifs is 1. The molecule has 0 saturated carbocycles. The molecule has 3 heterocycles. The first kappa shape index (κ1) is 9.53. The summed E-state index contributed by atoms with van der Waals surface area (Å²) in [7, 11) is 0. The number of rotatable bonds is 1. The summed E-state index contributed by atoms with van der Waals surface area (Å²) >= 11 is 0. The average Bonchev–Trinajstić information content (AvgIpc) is 2.84. The molecule has 1 aliphatic rings. The minimum Gasteiger partial charge on any atom is -0.449 e. The lowest BCUT2D eigenvalue weighted by Crippen LogP contribution is -2.32. The summed E-state index contributed by atoms with van der Waals surface area (Å²) in [6.07, 6.45) is 1.62. The molecule has 1 N–H and O–H groups in total. The predicted octanol–water partition coefficient (Wildman–Crippen LogP) is 0.906. The lowest BCUT2D eigenvalue weighted by atomic mass is 10.2. The second-order valence-electron chi connectivity index (χ2n) is 3.96. The van der Waals surface area contributed by atoms with Crippen molar-refractivity contribution in [1.29, 1.82) is 0 Å². The SMILES string of the molecule is Cc1nc(-c2nnc3n2CCNC3C)co1. The van der Waals surface area contributed by atoms with Crippen LogP contribution in [0.2, 0.25) is 0 Å². The molecular formula is C10H13N5O. The standard InChI is InChI=1S/C10H13N5O/c1-6-9-13-14-10(15(9)4-3-11-6)8-5-16-7(2)12-8/h5-6,11H,3-4H2,1-2H3. The quantitative estimate of drug-likeness (QED) is 0.772. The molecule has 16 heavy (non-hydrogen) atoms. The van der Waals surface area contributed by atoms with E-state index in [1.54, 1.807) is 6.26 Å². The van der Waals surface area contributed by atoms with Gasteiger partial charge in [0.05, 0.1) is 6.04 Å². The summed E-state index contributed by atoms with van der Waals surface area (Å²) in [5.41, 5.74) is 0.755. The lowest BCUT2D eigenvalue weighted by molar-refractivity contribution is 0.438. The number of hydrogen-bond acceptors (Lipinski definition) is 5. The zero-order valence-corrected chi connectivity index (χ0v) is 9.27. The van der Waals surface area contributed by atoms with Crippen LogP contribution in [0.3, 0.4) is 0 Å². The van der Waals surface area contributed by atoms with E-state index in [0.29, 0.717) is 5.89 Å². The van der Waals surface area contributed by atoms with E-state index in [4.69, 9.17) is 4.42 Å². The number of nitrogens with zero attached hydrogens (tertiary/aromatic N) is 4. The van der Waals surface area contributed by atoms with Gasteiger partial charge >= 0.3 is 0 Å². The zero-order valence-electron chi connectivity index (χ0n) is 9.27. The van der Waals surface area contributed by atoms with Gasteiger partial charge in [0.1, 0.15) is 17.8 Å². The van der Waals surface area contributed by atoms with E-state index >= 15 is 0 Å². The Morgan fingerprint density at radius 1 is 1.50 bits per heavy atom. The van der Waals surface area contributed by atoms with Crippen LogP contribution < -0.4 is 5.32 Å². The summed E-state index contributed by atoms with van der Waals surface area (Å²) in [4.78, 5) is 4.28. The van der Waals surface area contributed by atoms with Gasteiger partial charge < -0.3 is 14.3 Å². The fourth-order valence-electron chi connectivity index (χ4n) is 2.00. The fraction of sp³-hybridized carbons (Fsp3) is 0.500. The fourth-order valence-corrected chi connectivity index (χ4v) is 2.00. The second kappa shape index (κ2) is 3.41. The molecule has 6 heteroatoms. The maximum absolute atomic E-state index is 5.20. The molecule has 0 aromatic carbocycles. The Bertz CT molecular complexity index is 515. The smallest absolute Gasteiger partial charge is 0.191 e. The third kappa shape index (κ3) is 1.34. The summed E-state index contributed by atoms with van der Waals surface area (Å²) in [5, 5.41) is 11.7. The molecular weight excluding hydrogens is 206 g/mol. The molecule has 0 fully saturated rings. The van der Waals surface area contributed by atoms with Crippen LogP contribution in [0.25, 0.3) is 11.5 Å². The second-order valence-corrected chi connectivity index (χ2v) is 3.96. The number of hydrogen-bond donors (Lipinski definition) is 1. The number of aromatic nitrogens is 4. The zero-order chi connectivity index (χ0) is 11.1. The highest BCUT2D eigenvalue weighted by molar-refractivity contribution is 5.47. The van der Waals surface area contributed by atoms with Gasteiger partial charge in [-0.3, -0.25) is 0 Å². The highest BCUT2D eigenvalue weighted by atomic mass is 16.3. The van der Waals surface area contributed by atoms with E-state index in [2.05, 4.69) is 32.0 Å². The van der Waals surface area contributed by atoms with E-state index in [1.165, 1.54) is 0 Å². The third-order valence-corrected chi connectivity index (χ3v) is 2.80. The highest BCUT2D eigenvalue weighted by Crippen LogP contribution is 2.22. The van der Waals surface area contributed by atoms with E-state index in [-0.39, 0.29) is 6.04 Å². The van der Waals surface area contributed by atoms with Crippen molar-refractivity contribution in [1.82, 2.24) is 25.1 Å². The molecule has 0 bridgehead atoms. The van der Waals surface area contributed by atoms with Crippen LogP contribution in [0.15, 0.2) is 10.7 Å². The van der Waals surface area contributed by atoms with Crippen molar-refractivity contribution >= 4 is 0 Å². The van der Waals surface area contributed by atoms with Crippen LogP contribution in [0, 0.1) is 6.92 Å². The number of aryl methyl sites for hydroxylation is 1. The molecule has 1 aliphatic heterocycles. The van der Waals surface area contributed by atoms with Gasteiger partial charge in [0, 0.05) is 20.0 Å². The molecule has 0 saturated heterocycles. The van der Waals surface area contributed by atoms with E-state index in [0.717, 1.165) is 30.4 Å². The van der Waals surface area contributed by atoms with Crippen LogP contribution in [0.4, 0.5) is 0 Å². The summed E-state index contributed by atoms with van der Waals surface area (Å²) < 4.78 is 7.29. The molecule has 2 aromatic heterocycles. The van der Waals surface area contributed by atoms with Crippen molar-refractivity contribution in [3.63, 3.8) is 0 Å². The number of oxazole rings is 1. The first-order valence-electron chi connectivity index (χ1n) is 5.34. The van der Waals surface area contributed by atoms with Crippen LogP contribution in [-0.2, 0) is 6.54 Å². The molecule has 1 unspecified atom stereocenters. The molecule has 6 nitrogen and oxygen atoms in total. The Labute approximate surface area is 92.7 Å². The van der Waals surface area contributed by atoms with Gasteiger partial charge in [0.15, 0.2) is 11.7 Å². The Kier molecular flexibility index (Phi) is 2.03. The molecule has 2 aromatic rings. The van der Waals surface area contributed by atoms with Gasteiger partial charge in [0.2, 0.25) is 0 Å². The molecule has 1 atom stereocenters. The van der Waals surface area contributed by atoms with Crippen LogP contribution in [-0.4, -0.2) is 26.3 Å². The van der Waals surface area contributed by atoms with Crippen LogP contribution in [0.5, 0.6) is 0 Å². The highest BCUT2D eigenvalue weighted by Gasteiger charge is 2.23. The molecule has 0 aliphatic carbocycles. The van der Waals surface area contributed by atoms with Crippen LogP contribution in [0.1, 0.15) is 24.7 Å².